The molecular formula is C18H11ClO. The Morgan fingerprint density at radius 2 is 1.65 bits per heavy atom. The van der Waals surface area contributed by atoms with Crippen LogP contribution in [-0.2, 0) is 0 Å². The average Bonchev–Trinajstić information content (AvgIpc) is 3.15. The normalized spacial score (nSPS) is 18.9. The fourth-order valence-corrected chi connectivity index (χ4v) is 2.14. The highest BCUT2D eigenvalue weighted by molar-refractivity contribution is 6.37. The van der Waals surface area contributed by atoms with Crippen LogP contribution in [0, 0.1) is 0 Å². The van der Waals surface area contributed by atoms with E-state index in [2.05, 4.69) is 0 Å². The van der Waals surface area contributed by atoms with E-state index in [1.54, 1.807) is 0 Å². The molecule has 1 nitrogen and oxygen atoms in total. The van der Waals surface area contributed by atoms with E-state index >= 15 is 0 Å². The molecule has 1 heterocycles. The van der Waals surface area contributed by atoms with Crippen LogP contribution < -0.4 is 0 Å². The molecule has 0 spiro atoms. The Labute approximate surface area is 136 Å². The monoisotopic (exact) mass is 289 g/mol. The van der Waals surface area contributed by atoms with Crippen molar-refractivity contribution in [2.75, 3.05) is 0 Å². The Balaban J connectivity index is 2.30. The van der Waals surface area contributed by atoms with Gasteiger partial charge in [0.1, 0.15) is 11.2 Å². The van der Waals surface area contributed by atoms with Crippen LogP contribution >= 0.6 is 11.6 Å². The zero-order valence-corrected chi connectivity index (χ0v) is 10.5. The van der Waals surface area contributed by atoms with Gasteiger partial charge in [-0.3, -0.25) is 0 Å². The lowest BCUT2D eigenvalue weighted by molar-refractivity contribution is 0.669. The van der Waals surface area contributed by atoms with Crippen LogP contribution in [-0.4, -0.2) is 0 Å². The average molecular weight is 290 g/mol. The first-order valence-electron chi connectivity index (χ1n) is 11.1. The van der Waals surface area contributed by atoms with Gasteiger partial charge in [-0.05, 0) is 35.3 Å². The zero-order valence-electron chi connectivity index (χ0n) is 20.8. The second-order valence-corrected chi connectivity index (χ2v) is 4.33. The lowest BCUT2D eigenvalue weighted by Gasteiger charge is -2.01. The summed E-state index contributed by atoms with van der Waals surface area (Å²) in [6, 6.07) is -6.33. The van der Waals surface area contributed by atoms with Crippen LogP contribution in [0.3, 0.4) is 0 Å². The van der Waals surface area contributed by atoms with Gasteiger partial charge in [0.25, 0.3) is 0 Å². The van der Waals surface area contributed by atoms with Gasteiger partial charge < -0.3 is 4.42 Å². The second kappa shape index (κ2) is 4.39. The minimum Gasteiger partial charge on any atom is -0.456 e. The van der Waals surface area contributed by atoms with E-state index in [1.807, 2.05) is 0 Å². The van der Waals surface area contributed by atoms with Crippen LogP contribution in [0.2, 0.25) is 5.02 Å². The minimum absolute atomic E-state index is 0.0743. The molecule has 0 N–H and O–H groups in total. The van der Waals surface area contributed by atoms with Gasteiger partial charge in [-0.1, -0.05) is 53.9 Å². The van der Waals surface area contributed by atoms with Crippen molar-refractivity contribution < 1.29 is 19.5 Å². The summed E-state index contributed by atoms with van der Waals surface area (Å²) >= 11 is 6.22. The SMILES string of the molecule is [2H]c1c([2H])c([2H])c(-c2c([2H])c([2H])c3oc4c([2H])c([2H])c([2H])c(Cl)c4c3c2[2H])c([2H])c1[2H]. The Bertz CT molecular complexity index is 1430. The molecule has 0 atom stereocenters. The highest BCUT2D eigenvalue weighted by atomic mass is 35.5. The van der Waals surface area contributed by atoms with Crippen molar-refractivity contribution >= 4 is 33.5 Å². The largest absolute Gasteiger partial charge is 0.456 e. The molecule has 0 fully saturated rings. The number of furan rings is 1. The van der Waals surface area contributed by atoms with Gasteiger partial charge in [-0.15, -0.1) is 0 Å². The highest BCUT2D eigenvalue weighted by Gasteiger charge is 2.10. The van der Waals surface area contributed by atoms with E-state index in [4.69, 9.17) is 31.1 Å². The lowest BCUT2D eigenvalue weighted by Crippen LogP contribution is -1.76. The fraction of sp³-hybridized carbons (Fsp3) is 0. The molecule has 96 valence electrons. The lowest BCUT2D eigenvalue weighted by atomic mass is 10.0. The van der Waals surface area contributed by atoms with Crippen molar-refractivity contribution in [1.29, 1.82) is 0 Å². The highest BCUT2D eigenvalue weighted by Crippen LogP contribution is 2.35. The molecule has 0 aliphatic rings. The van der Waals surface area contributed by atoms with Crippen LogP contribution in [0.15, 0.2) is 70.9 Å². The van der Waals surface area contributed by atoms with E-state index in [-0.39, 0.29) is 32.5 Å². The molecule has 0 amide bonds. The Morgan fingerprint density at radius 3 is 2.50 bits per heavy atom. The number of halogens is 1. The Morgan fingerprint density at radius 1 is 0.800 bits per heavy atom. The van der Waals surface area contributed by atoms with Gasteiger partial charge in [-0.25, -0.2) is 0 Å². The van der Waals surface area contributed by atoms with Gasteiger partial charge in [-0.2, -0.15) is 0 Å². The summed E-state index contributed by atoms with van der Waals surface area (Å²) in [5.74, 6) is 0. The maximum absolute atomic E-state index is 8.67. The van der Waals surface area contributed by atoms with E-state index in [0.717, 1.165) is 0 Å². The maximum atomic E-state index is 8.67. The van der Waals surface area contributed by atoms with E-state index < -0.39 is 72.0 Å². The molecule has 20 heavy (non-hydrogen) atoms. The van der Waals surface area contributed by atoms with Crippen LogP contribution in [0.5, 0.6) is 0 Å². The summed E-state index contributed by atoms with van der Waals surface area (Å²) in [5, 5.41) is -0.494. The molecule has 0 unspecified atom stereocenters. The maximum Gasteiger partial charge on any atom is 0.136 e. The van der Waals surface area contributed by atoms with Crippen molar-refractivity contribution in [3.05, 3.63) is 71.5 Å². The molecule has 1 aromatic heterocycles. The first kappa shape index (κ1) is 4.94. The van der Waals surface area contributed by atoms with Crippen molar-refractivity contribution in [3.8, 4) is 11.1 Å². The van der Waals surface area contributed by atoms with Gasteiger partial charge in [0.2, 0.25) is 0 Å². The number of benzene rings is 3. The predicted molar refractivity (Wildman–Crippen MR) is 84.2 cm³/mol. The second-order valence-electron chi connectivity index (χ2n) is 3.95. The van der Waals surface area contributed by atoms with Crippen molar-refractivity contribution in [2.24, 2.45) is 0 Å². The van der Waals surface area contributed by atoms with Crippen LogP contribution in [0.1, 0.15) is 15.1 Å². The number of rotatable bonds is 1. The van der Waals surface area contributed by atoms with E-state index in [1.165, 1.54) is 0 Å². The Kier molecular flexibility index (Phi) is 1.09. The van der Waals surface area contributed by atoms with Crippen LogP contribution in [0.4, 0.5) is 0 Å². The third-order valence-corrected chi connectivity index (χ3v) is 3.06. The first-order valence-corrected chi connectivity index (χ1v) is 5.98. The molecule has 2 heteroatoms. The summed E-state index contributed by atoms with van der Waals surface area (Å²) in [5.41, 5.74) is -1.32. The van der Waals surface area contributed by atoms with Crippen LogP contribution in [0.25, 0.3) is 33.1 Å². The van der Waals surface area contributed by atoms with E-state index in [0.29, 0.717) is 0 Å². The summed E-state index contributed by atoms with van der Waals surface area (Å²) in [4.78, 5) is 0. The molecular weight excluding hydrogens is 268 g/mol. The van der Waals surface area contributed by atoms with Gasteiger partial charge >= 0.3 is 0 Å². The molecule has 4 aromatic rings. The molecule has 0 aliphatic heterocycles. The molecule has 0 saturated heterocycles. The summed E-state index contributed by atoms with van der Waals surface area (Å²) in [6.45, 7) is 0. The summed E-state index contributed by atoms with van der Waals surface area (Å²) in [6.07, 6.45) is 0. The van der Waals surface area contributed by atoms with Crippen molar-refractivity contribution in [2.45, 2.75) is 0 Å². The molecule has 3 aromatic carbocycles. The van der Waals surface area contributed by atoms with Gasteiger partial charge in [0.15, 0.2) is 0 Å². The third-order valence-electron chi connectivity index (χ3n) is 2.78. The van der Waals surface area contributed by atoms with Crippen molar-refractivity contribution in [3.63, 3.8) is 0 Å². The summed E-state index contributed by atoms with van der Waals surface area (Å²) < 4.78 is 94.5. The molecule has 4 rings (SSSR count). The molecule has 0 saturated carbocycles. The quantitative estimate of drug-likeness (QED) is 0.425. The first-order chi connectivity index (χ1) is 14.4. The minimum atomic E-state index is -0.655. The third kappa shape index (κ3) is 1.71. The van der Waals surface area contributed by atoms with Crippen molar-refractivity contribution in [1.82, 2.24) is 0 Å². The number of hydrogen-bond donors (Lipinski definition) is 0. The van der Waals surface area contributed by atoms with Gasteiger partial charge in [0.05, 0.1) is 20.1 Å². The molecule has 0 radical (unpaired) electrons. The molecule has 0 aliphatic carbocycles. The summed E-state index contributed by atoms with van der Waals surface area (Å²) in [7, 11) is 0. The number of hydrogen-bond acceptors (Lipinski definition) is 1. The molecule has 0 bridgehead atoms. The van der Waals surface area contributed by atoms with Gasteiger partial charge in [0, 0.05) is 10.8 Å². The van der Waals surface area contributed by atoms with E-state index in [9.17, 15) is 0 Å². The standard InChI is InChI=1S/C18H11ClO/c19-15-7-4-8-17-18(15)14-11-13(9-10-16(14)20-17)12-5-2-1-3-6-12/h1-11H/i1D,2D,3D,4D,5D,6D,7D,8D,9D,10D,11D. The predicted octanol–water partition coefficient (Wildman–Crippen LogP) is 5.91. The zero-order chi connectivity index (χ0) is 23.1. The Hall–Kier alpha value is -2.25. The fourth-order valence-electron chi connectivity index (χ4n) is 1.92. The number of fused-ring (bicyclic) bond motifs is 3. The topological polar surface area (TPSA) is 13.1 Å². The smallest absolute Gasteiger partial charge is 0.136 e.